The van der Waals surface area contributed by atoms with Crippen LogP contribution in [0.1, 0.15) is 39.5 Å². The molecule has 2 fully saturated rings. The van der Waals surface area contributed by atoms with Crippen LogP contribution in [0.3, 0.4) is 0 Å². The van der Waals surface area contributed by atoms with Crippen molar-refractivity contribution in [1.29, 1.82) is 0 Å². The highest BCUT2D eigenvalue weighted by Crippen LogP contribution is 2.51. The summed E-state index contributed by atoms with van der Waals surface area (Å²) in [5.41, 5.74) is 0. The lowest BCUT2D eigenvalue weighted by molar-refractivity contribution is 0.0507. The highest BCUT2D eigenvalue weighted by atomic mass is 32.2. The Labute approximate surface area is 104 Å². The zero-order valence-electron chi connectivity index (χ0n) is 11.0. The van der Waals surface area contributed by atoms with Crippen LogP contribution in [0.2, 0.25) is 0 Å². The van der Waals surface area contributed by atoms with Gasteiger partial charge >= 0.3 is 0 Å². The van der Waals surface area contributed by atoms with E-state index in [1.165, 1.54) is 0 Å². The van der Waals surface area contributed by atoms with Gasteiger partial charge in [0, 0.05) is 19.7 Å². The van der Waals surface area contributed by atoms with E-state index in [-0.39, 0.29) is 12.0 Å². The Morgan fingerprint density at radius 1 is 1.35 bits per heavy atom. The molecular formula is C12H23NO3S. The molecule has 0 bridgehead atoms. The molecule has 0 N–H and O–H groups in total. The molecule has 0 aromatic carbocycles. The van der Waals surface area contributed by atoms with Crippen LogP contribution in [0, 0.1) is 5.92 Å². The number of hydrogen-bond acceptors (Lipinski definition) is 3. The molecule has 0 amide bonds. The molecular weight excluding hydrogens is 238 g/mol. The molecule has 0 radical (unpaired) electrons. The van der Waals surface area contributed by atoms with Gasteiger partial charge in [0.25, 0.3) is 0 Å². The van der Waals surface area contributed by atoms with Crippen molar-refractivity contribution < 1.29 is 13.2 Å². The Morgan fingerprint density at radius 3 is 2.41 bits per heavy atom. The monoisotopic (exact) mass is 261 g/mol. The van der Waals surface area contributed by atoms with Crippen LogP contribution in [0.5, 0.6) is 0 Å². The first-order valence-electron chi connectivity index (χ1n) is 6.47. The largest absolute Gasteiger partial charge is 0.380 e. The lowest BCUT2D eigenvalue weighted by Crippen LogP contribution is -2.48. The topological polar surface area (TPSA) is 46.6 Å². The van der Waals surface area contributed by atoms with Gasteiger partial charge in [-0.05, 0) is 31.6 Å². The maximum Gasteiger partial charge on any atom is 0.220 e. The van der Waals surface area contributed by atoms with Crippen LogP contribution in [0.25, 0.3) is 0 Å². The average molecular weight is 261 g/mol. The lowest BCUT2D eigenvalue weighted by atomic mass is 10.1. The van der Waals surface area contributed by atoms with E-state index >= 15 is 0 Å². The van der Waals surface area contributed by atoms with Gasteiger partial charge in [0.15, 0.2) is 0 Å². The summed E-state index contributed by atoms with van der Waals surface area (Å²) in [4.78, 5) is 0. The molecule has 2 aliphatic rings. The standard InChI is InChI=1S/C12H23NO3S/c1-10(2)12(6-7-12)17(14,15)13(3)11-5-4-8-16-9-11/h10-11H,4-9H2,1-3H3. The summed E-state index contributed by atoms with van der Waals surface area (Å²) in [6.45, 7) is 5.33. The number of nitrogens with zero attached hydrogens (tertiary/aromatic N) is 1. The molecule has 1 heterocycles. The van der Waals surface area contributed by atoms with E-state index in [1.54, 1.807) is 11.4 Å². The van der Waals surface area contributed by atoms with Crippen LogP contribution >= 0.6 is 0 Å². The molecule has 17 heavy (non-hydrogen) atoms. The van der Waals surface area contributed by atoms with Gasteiger partial charge in [-0.15, -0.1) is 0 Å². The van der Waals surface area contributed by atoms with Crippen LogP contribution in [-0.2, 0) is 14.8 Å². The smallest absolute Gasteiger partial charge is 0.220 e. The SMILES string of the molecule is CC(C)C1(S(=O)(=O)N(C)C2CCCOC2)CC1. The Kier molecular flexibility index (Phi) is 3.54. The van der Waals surface area contributed by atoms with Gasteiger partial charge in [-0.1, -0.05) is 13.8 Å². The van der Waals surface area contributed by atoms with Gasteiger partial charge in [0.1, 0.15) is 0 Å². The fourth-order valence-electron chi connectivity index (χ4n) is 2.75. The molecule has 4 nitrogen and oxygen atoms in total. The Bertz CT molecular complexity index is 367. The molecule has 1 aliphatic carbocycles. The lowest BCUT2D eigenvalue weighted by Gasteiger charge is -2.34. The Hall–Kier alpha value is -0.130. The first kappa shape index (κ1) is 13.3. The normalized spacial score (nSPS) is 28.6. The highest BCUT2D eigenvalue weighted by Gasteiger charge is 2.58. The maximum atomic E-state index is 12.6. The highest BCUT2D eigenvalue weighted by molar-refractivity contribution is 7.90. The van der Waals surface area contributed by atoms with Crippen LogP contribution in [0.4, 0.5) is 0 Å². The minimum atomic E-state index is -3.17. The summed E-state index contributed by atoms with van der Waals surface area (Å²) < 4.78 is 31.7. The van der Waals surface area contributed by atoms with Gasteiger partial charge in [0.05, 0.1) is 11.4 Å². The molecule has 5 heteroatoms. The summed E-state index contributed by atoms with van der Waals surface area (Å²) in [6.07, 6.45) is 3.50. The third kappa shape index (κ3) is 2.13. The van der Waals surface area contributed by atoms with Crippen molar-refractivity contribution in [3.63, 3.8) is 0 Å². The van der Waals surface area contributed by atoms with Gasteiger partial charge < -0.3 is 4.74 Å². The second kappa shape index (κ2) is 4.52. The summed E-state index contributed by atoms with van der Waals surface area (Å²) in [7, 11) is -1.45. The number of ether oxygens (including phenoxy) is 1. The summed E-state index contributed by atoms with van der Waals surface area (Å²) >= 11 is 0. The fourth-order valence-corrected chi connectivity index (χ4v) is 5.10. The molecule has 1 aliphatic heterocycles. The van der Waals surface area contributed by atoms with Crippen LogP contribution in [-0.4, -0.2) is 43.8 Å². The van der Waals surface area contributed by atoms with Crippen LogP contribution in [0.15, 0.2) is 0 Å². The summed E-state index contributed by atoms with van der Waals surface area (Å²) in [6, 6.07) is 0.0324. The van der Waals surface area contributed by atoms with Crippen molar-refractivity contribution in [3.8, 4) is 0 Å². The molecule has 100 valence electrons. The van der Waals surface area contributed by atoms with Crippen molar-refractivity contribution in [2.24, 2.45) is 5.92 Å². The van der Waals surface area contributed by atoms with Gasteiger partial charge in [-0.25, -0.2) is 8.42 Å². The van der Waals surface area contributed by atoms with Crippen molar-refractivity contribution in [1.82, 2.24) is 4.31 Å². The second-order valence-corrected chi connectivity index (χ2v) is 7.95. The zero-order valence-corrected chi connectivity index (χ0v) is 11.8. The van der Waals surface area contributed by atoms with Crippen molar-refractivity contribution in [2.45, 2.75) is 50.3 Å². The fraction of sp³-hybridized carbons (Fsp3) is 1.00. The van der Waals surface area contributed by atoms with Crippen LogP contribution < -0.4 is 0 Å². The number of rotatable bonds is 4. The second-order valence-electron chi connectivity index (χ2n) is 5.61. The predicted octanol–water partition coefficient (Wildman–Crippen LogP) is 1.62. The van der Waals surface area contributed by atoms with Gasteiger partial charge in [-0.3, -0.25) is 0 Å². The van der Waals surface area contributed by atoms with Crippen molar-refractivity contribution >= 4 is 10.0 Å². The minimum Gasteiger partial charge on any atom is -0.380 e. The molecule has 0 aromatic heterocycles. The molecule has 0 spiro atoms. The van der Waals surface area contributed by atoms with Crippen molar-refractivity contribution in [2.75, 3.05) is 20.3 Å². The number of hydrogen-bond donors (Lipinski definition) is 0. The van der Waals surface area contributed by atoms with E-state index in [1.807, 2.05) is 13.8 Å². The quantitative estimate of drug-likeness (QED) is 0.772. The van der Waals surface area contributed by atoms with E-state index < -0.39 is 14.8 Å². The zero-order chi connectivity index (χ0) is 12.7. The third-order valence-corrected chi connectivity index (χ3v) is 7.30. The molecule has 1 saturated carbocycles. The Balaban J connectivity index is 2.15. The van der Waals surface area contributed by atoms with E-state index in [9.17, 15) is 8.42 Å². The first-order chi connectivity index (χ1) is 7.92. The molecule has 2 rings (SSSR count). The van der Waals surface area contributed by atoms with E-state index in [4.69, 9.17) is 4.74 Å². The van der Waals surface area contributed by atoms with Crippen molar-refractivity contribution in [3.05, 3.63) is 0 Å². The summed E-state index contributed by atoms with van der Waals surface area (Å²) in [5.74, 6) is 0.194. The van der Waals surface area contributed by atoms with E-state index in [2.05, 4.69) is 0 Å². The van der Waals surface area contributed by atoms with E-state index in [0.717, 1.165) is 32.3 Å². The predicted molar refractivity (Wildman–Crippen MR) is 67.3 cm³/mol. The number of likely N-dealkylation sites (N-methyl/N-ethyl adjacent to an activating group) is 1. The van der Waals surface area contributed by atoms with Gasteiger partial charge in [0.2, 0.25) is 10.0 Å². The third-order valence-electron chi connectivity index (χ3n) is 4.34. The summed E-state index contributed by atoms with van der Waals surface area (Å²) in [5, 5.41) is 0. The minimum absolute atomic E-state index is 0.0324. The Morgan fingerprint density at radius 2 is 2.00 bits per heavy atom. The average Bonchev–Trinajstić information content (AvgIpc) is 3.10. The van der Waals surface area contributed by atoms with E-state index in [0.29, 0.717) is 6.61 Å². The molecule has 0 aromatic rings. The molecule has 1 atom stereocenters. The number of sulfonamides is 1. The van der Waals surface area contributed by atoms with Gasteiger partial charge in [-0.2, -0.15) is 4.31 Å². The maximum absolute atomic E-state index is 12.6. The molecule has 1 saturated heterocycles. The molecule has 1 unspecified atom stereocenters. The first-order valence-corrected chi connectivity index (χ1v) is 7.91.